The minimum Gasteiger partial charge on any atom is -0.337 e. The van der Waals surface area contributed by atoms with Crippen LogP contribution in [-0.2, 0) is 6.54 Å². The van der Waals surface area contributed by atoms with Gasteiger partial charge >= 0.3 is 11.6 Å². The van der Waals surface area contributed by atoms with Gasteiger partial charge in [0.1, 0.15) is 5.69 Å². The van der Waals surface area contributed by atoms with Crippen molar-refractivity contribution in [3.8, 4) is 22.4 Å². The fourth-order valence-electron chi connectivity index (χ4n) is 5.53. The molecule has 5 aromatic rings. The van der Waals surface area contributed by atoms with Gasteiger partial charge in [-0.3, -0.25) is 14.8 Å². The Bertz CT molecular complexity index is 1760. The molecule has 0 bridgehead atoms. The Labute approximate surface area is 236 Å². The van der Waals surface area contributed by atoms with Crippen LogP contribution in [-0.4, -0.2) is 61.2 Å². The van der Waals surface area contributed by atoms with Crippen molar-refractivity contribution in [1.29, 1.82) is 0 Å². The number of hydrogen-bond acceptors (Lipinski definition) is 7. The van der Waals surface area contributed by atoms with Gasteiger partial charge in [0.15, 0.2) is 0 Å². The van der Waals surface area contributed by atoms with Crippen molar-refractivity contribution in [3.05, 3.63) is 94.4 Å². The predicted octanol–water partition coefficient (Wildman–Crippen LogP) is 2.14. The van der Waals surface area contributed by atoms with Gasteiger partial charge in [0, 0.05) is 55.0 Å². The first-order valence-corrected chi connectivity index (χ1v) is 13.7. The van der Waals surface area contributed by atoms with Gasteiger partial charge in [-0.2, -0.15) is 4.68 Å². The topological polar surface area (TPSA) is 139 Å². The van der Waals surface area contributed by atoms with Crippen LogP contribution in [0.1, 0.15) is 28.2 Å². The highest BCUT2D eigenvalue weighted by molar-refractivity contribution is 5.94. The minimum absolute atomic E-state index is 0.0167. The van der Waals surface area contributed by atoms with Gasteiger partial charge in [-0.05, 0) is 50.1 Å². The van der Waals surface area contributed by atoms with Crippen LogP contribution in [0, 0.1) is 13.8 Å². The summed E-state index contributed by atoms with van der Waals surface area (Å²) < 4.78 is 2.98. The number of rotatable bonds is 7. The maximum absolute atomic E-state index is 13.5. The number of H-pyrrole nitrogens is 1. The number of nitrogens with one attached hydrogen (secondary N) is 2. The Balaban J connectivity index is 1.28. The normalized spacial score (nSPS) is 15.1. The molecule has 0 saturated carbocycles. The molecule has 4 N–H and O–H groups in total. The Hall–Kier alpha value is -4.90. The molecule has 1 atom stereocenters. The number of carbonyl (C=O) groups excluding carboxylic acids is 1. The molecule has 4 aromatic heterocycles. The molecule has 1 aromatic carbocycles. The van der Waals surface area contributed by atoms with Crippen LogP contribution in [0.15, 0.2) is 71.8 Å². The third kappa shape index (κ3) is 5.19. The Morgan fingerprint density at radius 2 is 1.88 bits per heavy atom. The molecule has 0 aliphatic carbocycles. The van der Waals surface area contributed by atoms with E-state index in [1.165, 1.54) is 4.40 Å². The van der Waals surface area contributed by atoms with Gasteiger partial charge in [-0.1, -0.05) is 30.3 Å². The first kappa shape index (κ1) is 26.3. The Morgan fingerprint density at radius 1 is 1.10 bits per heavy atom. The average molecular weight is 551 g/mol. The zero-order chi connectivity index (χ0) is 28.5. The summed E-state index contributed by atoms with van der Waals surface area (Å²) in [5.74, 6) is 0.0929. The minimum atomic E-state index is -0.296. The number of anilines is 1. The summed E-state index contributed by atoms with van der Waals surface area (Å²) in [6.45, 7) is 6.10. The van der Waals surface area contributed by atoms with E-state index in [1.54, 1.807) is 29.2 Å². The Morgan fingerprint density at radius 3 is 2.61 bits per heavy atom. The maximum atomic E-state index is 13.5. The molecule has 11 heteroatoms. The molecule has 41 heavy (non-hydrogen) atoms. The van der Waals surface area contributed by atoms with Crippen molar-refractivity contribution < 1.29 is 9.20 Å². The fourth-order valence-corrected chi connectivity index (χ4v) is 5.53. The van der Waals surface area contributed by atoms with E-state index in [4.69, 9.17) is 10.7 Å². The molecule has 0 radical (unpaired) electrons. The highest BCUT2D eigenvalue weighted by Gasteiger charge is 2.28. The first-order chi connectivity index (χ1) is 19.9. The van der Waals surface area contributed by atoms with E-state index in [2.05, 4.69) is 20.4 Å². The number of pyridine rings is 2. The lowest BCUT2D eigenvalue weighted by atomic mass is 9.99. The number of hydrogen-bond donors (Lipinski definition) is 3. The lowest BCUT2D eigenvalue weighted by Crippen LogP contribution is -2.45. The number of aromatic nitrogens is 6. The second kappa shape index (κ2) is 10.9. The first-order valence-electron chi connectivity index (χ1n) is 13.7. The standard InChI is InChI=1S/C30H31N9O2/c1-19-15-23(16-20(2)34-19)25-26(21-7-4-3-5-8-21)35-29(31)39-27(25)36-38(30(39)41)14-12-33-24-10-13-37(18-24)28(40)22-9-6-11-32-17-22/h3-9,11,15-17,24,33H,10,12-14,18H2,1-2H3,(H2,31,34,35,36)/p+1. The number of benzene rings is 1. The van der Waals surface area contributed by atoms with Crippen LogP contribution < -0.4 is 21.1 Å². The van der Waals surface area contributed by atoms with Crippen molar-refractivity contribution in [2.45, 2.75) is 32.9 Å². The van der Waals surface area contributed by atoms with E-state index in [1.807, 2.05) is 61.2 Å². The van der Waals surface area contributed by atoms with Crippen LogP contribution in [0.25, 0.3) is 28.0 Å². The van der Waals surface area contributed by atoms with E-state index in [9.17, 15) is 9.59 Å². The van der Waals surface area contributed by atoms with E-state index in [0.717, 1.165) is 34.5 Å². The number of nitrogens with zero attached hydrogens (tertiary/aromatic N) is 6. The average Bonchev–Trinajstić information content (AvgIpc) is 3.58. The molecule has 1 saturated heterocycles. The smallest absolute Gasteiger partial charge is 0.337 e. The molecule has 208 valence electrons. The monoisotopic (exact) mass is 550 g/mol. The summed E-state index contributed by atoms with van der Waals surface area (Å²) >= 11 is 0. The van der Waals surface area contributed by atoms with Gasteiger partial charge in [0.2, 0.25) is 5.65 Å². The highest BCUT2D eigenvalue weighted by atomic mass is 16.2. The molecular weight excluding hydrogens is 518 g/mol. The fraction of sp³-hybridized carbons (Fsp3) is 0.267. The number of carbonyl (C=O) groups is 1. The van der Waals surface area contributed by atoms with Crippen molar-refractivity contribution in [3.63, 3.8) is 0 Å². The van der Waals surface area contributed by atoms with E-state index in [0.29, 0.717) is 43.1 Å². The predicted molar refractivity (Wildman–Crippen MR) is 155 cm³/mol. The quantitative estimate of drug-likeness (QED) is 0.264. The number of nitrogen functional groups attached to an aromatic ring is 1. The van der Waals surface area contributed by atoms with Gasteiger partial charge in [-0.15, -0.1) is 9.38 Å². The lowest BCUT2D eigenvalue weighted by molar-refractivity contribution is -0.516. The molecule has 0 spiro atoms. The number of likely N-dealkylation sites (tertiary alicyclic amines) is 1. The summed E-state index contributed by atoms with van der Waals surface area (Å²) in [4.78, 5) is 41.4. The Kier molecular flexibility index (Phi) is 7.02. The molecular formula is C30H32N9O2+. The van der Waals surface area contributed by atoms with Crippen molar-refractivity contribution in [2.75, 3.05) is 25.4 Å². The van der Waals surface area contributed by atoms with Crippen molar-refractivity contribution in [2.24, 2.45) is 0 Å². The maximum Gasteiger partial charge on any atom is 0.428 e. The van der Waals surface area contributed by atoms with Crippen LogP contribution in [0.5, 0.6) is 0 Å². The van der Waals surface area contributed by atoms with Crippen molar-refractivity contribution in [1.82, 2.24) is 34.9 Å². The highest BCUT2D eigenvalue weighted by Crippen LogP contribution is 2.33. The van der Waals surface area contributed by atoms with Crippen LogP contribution in [0.4, 0.5) is 5.95 Å². The van der Waals surface area contributed by atoms with Gasteiger partial charge < -0.3 is 16.0 Å². The largest absolute Gasteiger partial charge is 0.428 e. The number of aromatic amines is 1. The number of nitrogens with two attached hydrogens (primary N) is 1. The van der Waals surface area contributed by atoms with Crippen LogP contribution >= 0.6 is 0 Å². The summed E-state index contributed by atoms with van der Waals surface area (Å²) in [6.07, 6.45) is 4.09. The van der Waals surface area contributed by atoms with E-state index < -0.39 is 0 Å². The third-order valence-electron chi connectivity index (χ3n) is 7.39. The SMILES string of the molecule is Cc1cc(-c2c(-c3ccccc3)nc(N)[n+]3c(=O)n(CCNC4CCN(C(=O)c5cccnc5)C4)[nH]c23)cc(C)n1. The molecule has 1 fully saturated rings. The summed E-state index contributed by atoms with van der Waals surface area (Å²) in [6, 6.07) is 17.5. The zero-order valence-electron chi connectivity index (χ0n) is 23.0. The molecule has 1 aliphatic rings. The molecule has 6 rings (SSSR count). The lowest BCUT2D eigenvalue weighted by Gasteiger charge is -2.16. The van der Waals surface area contributed by atoms with Crippen LogP contribution in [0.2, 0.25) is 0 Å². The second-order valence-electron chi connectivity index (χ2n) is 10.4. The molecule has 1 aliphatic heterocycles. The molecule has 11 nitrogen and oxygen atoms in total. The van der Waals surface area contributed by atoms with E-state index in [-0.39, 0.29) is 23.6 Å². The van der Waals surface area contributed by atoms with Gasteiger partial charge in [0.25, 0.3) is 5.91 Å². The number of fused-ring (bicyclic) bond motifs is 1. The summed E-state index contributed by atoms with van der Waals surface area (Å²) in [5.41, 5.74) is 12.2. The number of aryl methyl sites for hydroxylation is 2. The van der Waals surface area contributed by atoms with Gasteiger partial charge in [0.05, 0.1) is 17.7 Å². The number of amides is 1. The molecule has 5 heterocycles. The zero-order valence-corrected chi connectivity index (χ0v) is 23.0. The van der Waals surface area contributed by atoms with E-state index >= 15 is 0 Å². The second-order valence-corrected chi connectivity index (χ2v) is 10.4. The summed E-state index contributed by atoms with van der Waals surface area (Å²) in [7, 11) is 0. The van der Waals surface area contributed by atoms with Crippen LogP contribution in [0.3, 0.4) is 0 Å². The van der Waals surface area contributed by atoms with Crippen molar-refractivity contribution >= 4 is 17.5 Å². The summed E-state index contributed by atoms with van der Waals surface area (Å²) in [5, 5.41) is 6.81. The molecule has 1 amide bonds. The van der Waals surface area contributed by atoms with Gasteiger partial charge in [-0.25, -0.2) is 9.89 Å². The molecule has 1 unspecified atom stereocenters. The third-order valence-corrected chi connectivity index (χ3v) is 7.39.